The maximum Gasteiger partial charge on any atom is 0.273 e. The second-order valence-electron chi connectivity index (χ2n) is 6.15. The fourth-order valence-electron chi connectivity index (χ4n) is 2.96. The lowest BCUT2D eigenvalue weighted by molar-refractivity contribution is -0.121. The monoisotopic (exact) mass is 373 g/mol. The van der Waals surface area contributed by atoms with Gasteiger partial charge in [-0.25, -0.2) is 4.98 Å². The number of rotatable bonds is 7. The molecule has 2 heterocycles. The highest BCUT2D eigenvalue weighted by molar-refractivity contribution is 7.09. The van der Waals surface area contributed by atoms with Gasteiger partial charge in [0.15, 0.2) is 6.61 Å². The number of fused-ring (bicyclic) bond motifs is 1. The van der Waals surface area contributed by atoms with Crippen molar-refractivity contribution in [3.63, 3.8) is 0 Å². The van der Waals surface area contributed by atoms with E-state index >= 15 is 0 Å². The van der Waals surface area contributed by atoms with Crippen LogP contribution in [0.15, 0.2) is 29.6 Å². The minimum Gasteiger partial charge on any atom is -0.482 e. The van der Waals surface area contributed by atoms with Gasteiger partial charge in [0, 0.05) is 18.5 Å². The molecule has 1 aliphatic rings. The molecule has 6 nitrogen and oxygen atoms in total. The van der Waals surface area contributed by atoms with Gasteiger partial charge in [-0.15, -0.1) is 11.3 Å². The highest BCUT2D eigenvalue weighted by atomic mass is 32.1. The minimum atomic E-state index is -0.106. The molecule has 0 radical (unpaired) electrons. The first-order chi connectivity index (χ1) is 12.6. The summed E-state index contributed by atoms with van der Waals surface area (Å²) in [5, 5.41) is 2.53. The molecule has 0 N–H and O–H groups in total. The Hall–Kier alpha value is -2.41. The Kier molecular flexibility index (Phi) is 5.88. The van der Waals surface area contributed by atoms with Crippen LogP contribution in [-0.4, -0.2) is 41.4 Å². The lowest BCUT2D eigenvalue weighted by Crippen LogP contribution is -2.38. The Bertz CT molecular complexity index is 784. The van der Waals surface area contributed by atoms with E-state index in [4.69, 9.17) is 4.74 Å². The number of para-hydroxylation sites is 2. The van der Waals surface area contributed by atoms with Crippen LogP contribution in [-0.2, 0) is 11.3 Å². The van der Waals surface area contributed by atoms with Crippen LogP contribution >= 0.6 is 11.3 Å². The number of carbonyl (C=O) groups is 2. The molecule has 0 saturated carbocycles. The molecular formula is C19H23N3O3S. The predicted octanol–water partition coefficient (Wildman–Crippen LogP) is 3.33. The lowest BCUT2D eigenvalue weighted by Gasteiger charge is -2.28. The molecule has 26 heavy (non-hydrogen) atoms. The van der Waals surface area contributed by atoms with Crippen LogP contribution in [0.4, 0.5) is 5.69 Å². The van der Waals surface area contributed by atoms with E-state index in [0.717, 1.165) is 36.6 Å². The number of aromatic nitrogens is 1. The van der Waals surface area contributed by atoms with Gasteiger partial charge in [0.25, 0.3) is 11.8 Å². The summed E-state index contributed by atoms with van der Waals surface area (Å²) in [6.45, 7) is 5.95. The summed E-state index contributed by atoms with van der Waals surface area (Å²) in [4.78, 5) is 32.9. The smallest absolute Gasteiger partial charge is 0.273 e. The number of thiazole rings is 1. The molecular weight excluding hydrogens is 350 g/mol. The van der Waals surface area contributed by atoms with Crippen molar-refractivity contribution >= 4 is 28.8 Å². The first-order valence-corrected chi connectivity index (χ1v) is 9.77. The third kappa shape index (κ3) is 3.88. The van der Waals surface area contributed by atoms with Crippen molar-refractivity contribution in [1.82, 2.24) is 9.88 Å². The summed E-state index contributed by atoms with van der Waals surface area (Å²) < 4.78 is 5.46. The number of hydrogen-bond donors (Lipinski definition) is 0. The van der Waals surface area contributed by atoms with Gasteiger partial charge in [-0.2, -0.15) is 0 Å². The number of ether oxygens (including phenoxy) is 1. The molecule has 1 aromatic heterocycles. The number of carbonyl (C=O) groups excluding carboxylic acids is 2. The highest BCUT2D eigenvalue weighted by Crippen LogP contribution is 2.32. The van der Waals surface area contributed by atoms with Crippen molar-refractivity contribution in [2.75, 3.05) is 24.6 Å². The van der Waals surface area contributed by atoms with Crippen molar-refractivity contribution in [2.45, 2.75) is 33.2 Å². The van der Waals surface area contributed by atoms with Gasteiger partial charge in [0.05, 0.1) is 12.2 Å². The van der Waals surface area contributed by atoms with Crippen LogP contribution in [0.3, 0.4) is 0 Å². The zero-order valence-electron chi connectivity index (χ0n) is 15.1. The molecule has 2 aromatic rings. The topological polar surface area (TPSA) is 62.7 Å². The van der Waals surface area contributed by atoms with E-state index in [1.807, 2.05) is 29.2 Å². The maximum absolute atomic E-state index is 12.7. The van der Waals surface area contributed by atoms with E-state index < -0.39 is 0 Å². The Balaban J connectivity index is 1.76. The summed E-state index contributed by atoms with van der Waals surface area (Å²) in [5.41, 5.74) is 1.20. The molecule has 1 aliphatic heterocycles. The normalized spacial score (nSPS) is 13.3. The quantitative estimate of drug-likeness (QED) is 0.747. The first-order valence-electron chi connectivity index (χ1n) is 8.89. The van der Waals surface area contributed by atoms with E-state index in [1.54, 1.807) is 10.3 Å². The van der Waals surface area contributed by atoms with E-state index in [2.05, 4.69) is 18.8 Å². The Morgan fingerprint density at radius 2 is 2.00 bits per heavy atom. The van der Waals surface area contributed by atoms with E-state index in [0.29, 0.717) is 18.0 Å². The molecule has 0 bridgehead atoms. The minimum absolute atomic E-state index is 0.0228. The van der Waals surface area contributed by atoms with E-state index in [1.165, 1.54) is 11.3 Å². The summed E-state index contributed by atoms with van der Waals surface area (Å²) >= 11 is 1.41. The van der Waals surface area contributed by atoms with Gasteiger partial charge in [0.2, 0.25) is 0 Å². The average Bonchev–Trinajstić information content (AvgIpc) is 3.12. The van der Waals surface area contributed by atoms with Gasteiger partial charge in [-0.05, 0) is 25.0 Å². The Labute approximate surface area is 157 Å². The molecule has 1 aromatic carbocycles. The van der Waals surface area contributed by atoms with E-state index in [-0.39, 0.29) is 18.4 Å². The number of nitrogens with zero attached hydrogens (tertiary/aromatic N) is 3. The molecule has 0 unspecified atom stereocenters. The van der Waals surface area contributed by atoms with Crippen LogP contribution in [0.25, 0.3) is 0 Å². The van der Waals surface area contributed by atoms with Crippen molar-refractivity contribution in [1.29, 1.82) is 0 Å². The van der Waals surface area contributed by atoms with Gasteiger partial charge < -0.3 is 9.64 Å². The van der Waals surface area contributed by atoms with Gasteiger partial charge >= 0.3 is 0 Å². The van der Waals surface area contributed by atoms with Crippen LogP contribution in [0.5, 0.6) is 5.75 Å². The molecule has 0 saturated heterocycles. The summed E-state index contributed by atoms with van der Waals surface area (Å²) in [5.74, 6) is 0.548. The summed E-state index contributed by atoms with van der Waals surface area (Å²) in [7, 11) is 0. The zero-order chi connectivity index (χ0) is 18.5. The predicted molar refractivity (Wildman–Crippen MR) is 102 cm³/mol. The van der Waals surface area contributed by atoms with Crippen molar-refractivity contribution in [3.8, 4) is 5.75 Å². The number of hydrogen-bond acceptors (Lipinski definition) is 5. The van der Waals surface area contributed by atoms with Crippen LogP contribution in [0.1, 0.15) is 42.2 Å². The maximum atomic E-state index is 12.7. The van der Waals surface area contributed by atoms with E-state index in [9.17, 15) is 9.59 Å². The standard InChI is InChI=1S/C19H23N3O3S/c1-3-9-21(10-4-2)19(24)14-13-26-17(20-14)11-22-15-7-5-6-8-16(15)25-12-18(22)23/h5-8,13H,3-4,9-12H2,1-2H3. The Morgan fingerprint density at radius 3 is 2.73 bits per heavy atom. The van der Waals surface area contributed by atoms with Crippen LogP contribution < -0.4 is 9.64 Å². The highest BCUT2D eigenvalue weighted by Gasteiger charge is 2.26. The van der Waals surface area contributed by atoms with Crippen LogP contribution in [0, 0.1) is 0 Å². The lowest BCUT2D eigenvalue weighted by atomic mass is 10.2. The fraction of sp³-hybridized carbons (Fsp3) is 0.421. The number of anilines is 1. The van der Waals surface area contributed by atoms with Crippen molar-refractivity contribution in [2.24, 2.45) is 0 Å². The number of benzene rings is 1. The molecule has 0 fully saturated rings. The van der Waals surface area contributed by atoms with Crippen molar-refractivity contribution in [3.05, 3.63) is 40.3 Å². The SMILES string of the molecule is CCCN(CCC)C(=O)c1csc(CN2C(=O)COc3ccccc32)n1. The fourth-order valence-corrected chi connectivity index (χ4v) is 3.72. The van der Waals surface area contributed by atoms with Crippen molar-refractivity contribution < 1.29 is 14.3 Å². The zero-order valence-corrected chi connectivity index (χ0v) is 15.9. The second-order valence-corrected chi connectivity index (χ2v) is 7.10. The molecule has 0 aliphatic carbocycles. The molecule has 3 rings (SSSR count). The molecule has 138 valence electrons. The van der Waals surface area contributed by atoms with Gasteiger partial charge in [-0.1, -0.05) is 26.0 Å². The molecule has 0 spiro atoms. The first kappa shape index (κ1) is 18.4. The molecule has 2 amide bonds. The summed E-state index contributed by atoms with van der Waals surface area (Å²) in [6.07, 6.45) is 1.84. The average molecular weight is 373 g/mol. The number of amides is 2. The van der Waals surface area contributed by atoms with Gasteiger partial charge in [0.1, 0.15) is 16.5 Å². The van der Waals surface area contributed by atoms with Crippen LogP contribution in [0.2, 0.25) is 0 Å². The molecule has 7 heteroatoms. The molecule has 0 atom stereocenters. The third-order valence-corrected chi connectivity index (χ3v) is 4.98. The summed E-state index contributed by atoms with van der Waals surface area (Å²) in [6, 6.07) is 7.45. The van der Waals surface area contributed by atoms with Gasteiger partial charge in [-0.3, -0.25) is 14.5 Å². The Morgan fingerprint density at radius 1 is 1.27 bits per heavy atom. The second kappa shape index (κ2) is 8.31. The third-order valence-electron chi connectivity index (χ3n) is 4.15. The largest absolute Gasteiger partial charge is 0.482 e.